The molecule has 2 N–H and O–H groups in total. The number of anilines is 1. The highest BCUT2D eigenvalue weighted by Crippen LogP contribution is 2.35. The van der Waals surface area contributed by atoms with Crippen molar-refractivity contribution in [3.05, 3.63) is 85.2 Å². The van der Waals surface area contributed by atoms with Crippen molar-refractivity contribution in [2.24, 2.45) is 0 Å². The van der Waals surface area contributed by atoms with Crippen LogP contribution < -0.4 is 4.90 Å². The van der Waals surface area contributed by atoms with E-state index in [4.69, 9.17) is 0 Å². The first-order valence-corrected chi connectivity index (χ1v) is 10.9. The van der Waals surface area contributed by atoms with Crippen LogP contribution in [0.1, 0.15) is 0 Å². The first-order valence-electron chi connectivity index (χ1n) is 10.9. The second-order valence-electron chi connectivity index (χ2n) is 8.50. The Kier molecular flexibility index (Phi) is 4.62. The number of rotatable bonds is 4. The van der Waals surface area contributed by atoms with Gasteiger partial charge >= 0.3 is 0 Å². The van der Waals surface area contributed by atoms with Crippen molar-refractivity contribution >= 4 is 27.5 Å². The van der Waals surface area contributed by atoms with E-state index < -0.39 is 0 Å². The zero-order valence-corrected chi connectivity index (χ0v) is 18.7. The fourth-order valence-electron chi connectivity index (χ4n) is 4.27. The van der Waals surface area contributed by atoms with Crippen LogP contribution in [0.4, 0.5) is 10.1 Å². The maximum Gasteiger partial charge on any atom is 0.123 e. The smallest absolute Gasteiger partial charge is 0.123 e. The number of fused-ring (bicyclic) bond motifs is 2. The number of aromatic amines is 2. The average molecular weight is 449 g/mol. The van der Waals surface area contributed by atoms with Crippen LogP contribution in [0.3, 0.4) is 0 Å². The molecule has 0 fully saturated rings. The van der Waals surface area contributed by atoms with E-state index in [1.54, 1.807) is 24.5 Å². The summed E-state index contributed by atoms with van der Waals surface area (Å²) in [7, 11) is 4.01. The van der Waals surface area contributed by atoms with Crippen LogP contribution in [0, 0.1) is 5.82 Å². The number of pyridine rings is 2. The van der Waals surface area contributed by atoms with Gasteiger partial charge in [0.1, 0.15) is 11.5 Å². The van der Waals surface area contributed by atoms with Crippen LogP contribution >= 0.6 is 0 Å². The first-order chi connectivity index (χ1) is 16.6. The van der Waals surface area contributed by atoms with Gasteiger partial charge < -0.3 is 9.88 Å². The van der Waals surface area contributed by atoms with E-state index in [1.807, 2.05) is 37.5 Å². The van der Waals surface area contributed by atoms with Crippen molar-refractivity contribution in [2.45, 2.75) is 0 Å². The van der Waals surface area contributed by atoms with Crippen LogP contribution in [0.5, 0.6) is 0 Å². The third-order valence-electron chi connectivity index (χ3n) is 6.09. The zero-order chi connectivity index (χ0) is 23.2. The Bertz CT molecular complexity index is 1650. The Hall–Kier alpha value is -4.52. The fraction of sp³-hybridized carbons (Fsp3) is 0.0741. The van der Waals surface area contributed by atoms with Gasteiger partial charge in [0.2, 0.25) is 0 Å². The molecule has 0 bridgehead atoms. The van der Waals surface area contributed by atoms with E-state index in [9.17, 15) is 4.39 Å². The first kappa shape index (κ1) is 20.1. The standard InChI is InChI=1S/C27H21FN6/c1-34(2)20-9-18(12-29-13-20)17-5-8-24-22(10-17)27(33-32-24)25-11-21-23(14-30-15-26(21)31-25)16-3-6-19(28)7-4-16/h3-15,31H,1-2H3,(H,32,33). The molecule has 0 saturated carbocycles. The maximum absolute atomic E-state index is 13.4. The number of H-pyrrole nitrogens is 2. The quantitative estimate of drug-likeness (QED) is 0.345. The monoisotopic (exact) mass is 448 g/mol. The lowest BCUT2D eigenvalue weighted by Gasteiger charge is -2.13. The lowest BCUT2D eigenvalue weighted by molar-refractivity contribution is 0.628. The molecule has 0 aliphatic carbocycles. The average Bonchev–Trinajstić information content (AvgIpc) is 3.48. The van der Waals surface area contributed by atoms with E-state index in [0.717, 1.165) is 61.1 Å². The minimum absolute atomic E-state index is 0.260. The highest BCUT2D eigenvalue weighted by Gasteiger charge is 2.15. The van der Waals surface area contributed by atoms with Crippen molar-refractivity contribution < 1.29 is 4.39 Å². The minimum Gasteiger partial charge on any atom is -0.376 e. The Morgan fingerprint density at radius 2 is 1.53 bits per heavy atom. The molecule has 0 saturated heterocycles. The molecule has 166 valence electrons. The Balaban J connectivity index is 1.47. The predicted octanol–water partition coefficient (Wildman–Crippen LogP) is 6.04. The molecule has 4 heterocycles. The second-order valence-corrected chi connectivity index (χ2v) is 8.50. The fourth-order valence-corrected chi connectivity index (χ4v) is 4.27. The molecular formula is C27H21FN6. The van der Waals surface area contributed by atoms with Gasteiger partial charge in [-0.25, -0.2) is 4.39 Å². The van der Waals surface area contributed by atoms with Crippen molar-refractivity contribution in [1.29, 1.82) is 0 Å². The Labute approximate surface area is 195 Å². The molecule has 0 spiro atoms. The number of nitrogens with one attached hydrogen (secondary N) is 2. The topological polar surface area (TPSA) is 73.5 Å². The summed E-state index contributed by atoms with van der Waals surface area (Å²) >= 11 is 0. The van der Waals surface area contributed by atoms with Crippen LogP contribution in [-0.4, -0.2) is 39.2 Å². The molecule has 34 heavy (non-hydrogen) atoms. The van der Waals surface area contributed by atoms with Gasteiger partial charge in [0.15, 0.2) is 0 Å². The van der Waals surface area contributed by atoms with Crippen molar-refractivity contribution in [3.63, 3.8) is 0 Å². The lowest BCUT2D eigenvalue weighted by atomic mass is 10.0. The number of halogens is 1. The molecular weight excluding hydrogens is 427 g/mol. The van der Waals surface area contributed by atoms with Gasteiger partial charge in [-0.1, -0.05) is 18.2 Å². The normalized spacial score (nSPS) is 11.4. The molecule has 7 heteroatoms. The minimum atomic E-state index is -0.260. The summed E-state index contributed by atoms with van der Waals surface area (Å²) in [4.78, 5) is 14.3. The molecule has 0 atom stereocenters. The van der Waals surface area contributed by atoms with Gasteiger partial charge in [-0.2, -0.15) is 5.10 Å². The molecule has 6 nitrogen and oxygen atoms in total. The van der Waals surface area contributed by atoms with Crippen LogP contribution in [-0.2, 0) is 0 Å². The molecule has 0 aliphatic heterocycles. The molecule has 4 aromatic heterocycles. The summed E-state index contributed by atoms with van der Waals surface area (Å²) in [6.07, 6.45) is 7.32. The SMILES string of the molecule is CN(C)c1cncc(-c2ccc3[nH]nc(-c4cc5c(-c6ccc(F)cc6)cncc5[nH]4)c3c2)c1. The summed E-state index contributed by atoms with van der Waals surface area (Å²) in [5, 5.41) is 9.76. The third-order valence-corrected chi connectivity index (χ3v) is 6.09. The Morgan fingerprint density at radius 1 is 0.735 bits per heavy atom. The summed E-state index contributed by atoms with van der Waals surface area (Å²) in [5.74, 6) is -0.260. The van der Waals surface area contributed by atoms with E-state index in [-0.39, 0.29) is 5.82 Å². The van der Waals surface area contributed by atoms with Gasteiger partial charge in [-0.05, 0) is 47.5 Å². The molecule has 0 unspecified atom stereocenters. The van der Waals surface area contributed by atoms with E-state index in [1.165, 1.54) is 12.1 Å². The molecule has 6 rings (SSSR count). The van der Waals surface area contributed by atoms with Gasteiger partial charge in [0, 0.05) is 48.4 Å². The molecule has 0 radical (unpaired) electrons. The zero-order valence-electron chi connectivity index (χ0n) is 18.7. The van der Waals surface area contributed by atoms with Crippen molar-refractivity contribution in [2.75, 3.05) is 19.0 Å². The number of nitrogens with zero attached hydrogens (tertiary/aromatic N) is 4. The number of hydrogen-bond acceptors (Lipinski definition) is 4. The van der Waals surface area contributed by atoms with Crippen LogP contribution in [0.25, 0.3) is 55.4 Å². The Morgan fingerprint density at radius 3 is 2.35 bits per heavy atom. The third kappa shape index (κ3) is 3.38. The lowest BCUT2D eigenvalue weighted by Crippen LogP contribution is -2.08. The van der Waals surface area contributed by atoms with Gasteiger partial charge in [-0.15, -0.1) is 0 Å². The van der Waals surface area contributed by atoms with E-state index in [0.29, 0.717) is 0 Å². The maximum atomic E-state index is 13.4. The molecule has 0 aliphatic rings. The van der Waals surface area contributed by atoms with Gasteiger partial charge in [0.25, 0.3) is 0 Å². The summed E-state index contributed by atoms with van der Waals surface area (Å²) in [5.41, 5.74) is 8.56. The van der Waals surface area contributed by atoms with Gasteiger partial charge in [0.05, 0.1) is 34.8 Å². The van der Waals surface area contributed by atoms with Gasteiger partial charge in [-0.3, -0.25) is 15.1 Å². The van der Waals surface area contributed by atoms with Crippen LogP contribution in [0.15, 0.2) is 79.4 Å². The summed E-state index contributed by atoms with van der Waals surface area (Å²) < 4.78 is 13.4. The van der Waals surface area contributed by atoms with Crippen molar-refractivity contribution in [3.8, 4) is 33.6 Å². The van der Waals surface area contributed by atoms with Crippen molar-refractivity contribution in [1.82, 2.24) is 25.1 Å². The largest absolute Gasteiger partial charge is 0.376 e. The predicted molar refractivity (Wildman–Crippen MR) is 134 cm³/mol. The van der Waals surface area contributed by atoms with E-state index >= 15 is 0 Å². The summed E-state index contributed by atoms with van der Waals surface area (Å²) in [6, 6.07) is 16.9. The molecule has 6 aromatic rings. The second kappa shape index (κ2) is 7.81. The number of hydrogen-bond donors (Lipinski definition) is 2. The molecule has 2 aromatic carbocycles. The highest BCUT2D eigenvalue weighted by molar-refractivity contribution is 6.01. The number of aromatic nitrogens is 5. The number of benzene rings is 2. The van der Waals surface area contributed by atoms with E-state index in [2.05, 4.69) is 49.4 Å². The summed E-state index contributed by atoms with van der Waals surface area (Å²) in [6.45, 7) is 0. The highest BCUT2D eigenvalue weighted by atomic mass is 19.1. The molecule has 0 amide bonds. The van der Waals surface area contributed by atoms with Crippen LogP contribution in [0.2, 0.25) is 0 Å².